The van der Waals surface area contributed by atoms with Crippen molar-refractivity contribution in [3.63, 3.8) is 0 Å². The monoisotopic (exact) mass is 364 g/mol. The van der Waals surface area contributed by atoms with E-state index in [1.165, 1.54) is 24.0 Å². The van der Waals surface area contributed by atoms with E-state index < -0.39 is 0 Å². The standard InChI is InChI=1S/C23H28N2O2/c1-27-21-7-4-6-19(16-21)23(13-2-3-14-23)24-17-18-9-11-20(12-10-18)25-15-5-8-22(25)26/h4,6-7,9-12,16,24H,2-3,5,8,13-15,17H2,1H3. The number of methoxy groups -OCH3 is 1. The van der Waals surface area contributed by atoms with E-state index >= 15 is 0 Å². The van der Waals surface area contributed by atoms with Crippen molar-refractivity contribution in [1.29, 1.82) is 0 Å². The average Bonchev–Trinajstić information content (AvgIpc) is 3.37. The first-order chi connectivity index (χ1) is 13.2. The Bertz CT molecular complexity index is 794. The van der Waals surface area contributed by atoms with Crippen molar-refractivity contribution in [1.82, 2.24) is 5.32 Å². The van der Waals surface area contributed by atoms with Gasteiger partial charge in [0, 0.05) is 30.7 Å². The van der Waals surface area contributed by atoms with Crippen molar-refractivity contribution in [3.8, 4) is 5.75 Å². The average molecular weight is 364 g/mol. The van der Waals surface area contributed by atoms with Gasteiger partial charge in [-0.2, -0.15) is 0 Å². The largest absolute Gasteiger partial charge is 0.497 e. The van der Waals surface area contributed by atoms with Gasteiger partial charge < -0.3 is 15.0 Å². The van der Waals surface area contributed by atoms with Gasteiger partial charge in [-0.25, -0.2) is 0 Å². The molecule has 142 valence electrons. The number of ether oxygens (including phenoxy) is 1. The molecule has 27 heavy (non-hydrogen) atoms. The molecule has 2 aliphatic rings. The van der Waals surface area contributed by atoms with Crippen LogP contribution in [0.15, 0.2) is 48.5 Å². The van der Waals surface area contributed by atoms with Crippen molar-refractivity contribution < 1.29 is 9.53 Å². The quantitative estimate of drug-likeness (QED) is 0.827. The minimum absolute atomic E-state index is 0.0259. The minimum atomic E-state index is 0.0259. The van der Waals surface area contributed by atoms with Crippen LogP contribution in [0.1, 0.15) is 49.7 Å². The van der Waals surface area contributed by atoms with Crippen LogP contribution in [0, 0.1) is 0 Å². The van der Waals surface area contributed by atoms with Crippen LogP contribution >= 0.6 is 0 Å². The van der Waals surface area contributed by atoms with E-state index in [2.05, 4.69) is 47.8 Å². The zero-order valence-corrected chi connectivity index (χ0v) is 16.0. The maximum atomic E-state index is 11.9. The molecule has 2 aromatic carbocycles. The van der Waals surface area contributed by atoms with Crippen LogP contribution in [0.2, 0.25) is 0 Å². The molecule has 0 spiro atoms. The highest BCUT2D eigenvalue weighted by atomic mass is 16.5. The predicted molar refractivity (Wildman–Crippen MR) is 108 cm³/mol. The molecular weight excluding hydrogens is 336 g/mol. The Morgan fingerprint density at radius 1 is 1.07 bits per heavy atom. The molecule has 4 heteroatoms. The molecule has 0 aromatic heterocycles. The first kappa shape index (κ1) is 18.1. The molecule has 1 aliphatic heterocycles. The Hall–Kier alpha value is -2.33. The Balaban J connectivity index is 1.47. The summed E-state index contributed by atoms with van der Waals surface area (Å²) in [6.45, 7) is 1.67. The first-order valence-electron chi connectivity index (χ1n) is 9.99. The number of benzene rings is 2. The number of carbonyl (C=O) groups excluding carboxylic acids is 1. The van der Waals surface area contributed by atoms with E-state index in [9.17, 15) is 4.79 Å². The zero-order valence-electron chi connectivity index (χ0n) is 16.0. The number of nitrogens with zero attached hydrogens (tertiary/aromatic N) is 1. The van der Waals surface area contributed by atoms with Crippen molar-refractivity contribution in [2.24, 2.45) is 0 Å². The van der Waals surface area contributed by atoms with Gasteiger partial charge in [0.25, 0.3) is 0 Å². The van der Waals surface area contributed by atoms with E-state index in [4.69, 9.17) is 4.74 Å². The van der Waals surface area contributed by atoms with Crippen LogP contribution in [-0.4, -0.2) is 19.6 Å². The van der Waals surface area contributed by atoms with Gasteiger partial charge in [-0.3, -0.25) is 4.79 Å². The molecule has 2 fully saturated rings. The van der Waals surface area contributed by atoms with Gasteiger partial charge in [0.05, 0.1) is 7.11 Å². The molecule has 1 saturated heterocycles. The third-order valence-corrected chi connectivity index (χ3v) is 6.03. The Labute approximate surface area is 161 Å². The molecule has 0 unspecified atom stereocenters. The van der Waals surface area contributed by atoms with E-state index in [0.717, 1.165) is 43.8 Å². The summed E-state index contributed by atoms with van der Waals surface area (Å²) in [5.41, 5.74) is 3.61. The lowest BCUT2D eigenvalue weighted by Crippen LogP contribution is -2.39. The lowest BCUT2D eigenvalue weighted by atomic mass is 9.87. The molecule has 4 rings (SSSR count). The molecular formula is C23H28N2O2. The number of amides is 1. The molecule has 0 radical (unpaired) electrons. The smallest absolute Gasteiger partial charge is 0.227 e. The highest BCUT2D eigenvalue weighted by Gasteiger charge is 2.35. The lowest BCUT2D eigenvalue weighted by Gasteiger charge is -2.32. The number of carbonyl (C=O) groups is 1. The third-order valence-electron chi connectivity index (χ3n) is 6.03. The van der Waals surface area contributed by atoms with Crippen LogP contribution < -0.4 is 15.0 Å². The van der Waals surface area contributed by atoms with Crippen LogP contribution in [0.5, 0.6) is 5.75 Å². The summed E-state index contributed by atoms with van der Waals surface area (Å²) in [5, 5.41) is 3.84. The Kier molecular flexibility index (Phi) is 5.17. The fourth-order valence-corrected chi connectivity index (χ4v) is 4.45. The van der Waals surface area contributed by atoms with Gasteiger partial charge in [0.2, 0.25) is 5.91 Å². The number of anilines is 1. The normalized spacial score (nSPS) is 18.9. The summed E-state index contributed by atoms with van der Waals surface area (Å²) >= 11 is 0. The molecule has 1 saturated carbocycles. The molecule has 1 aliphatic carbocycles. The maximum Gasteiger partial charge on any atom is 0.227 e. The van der Waals surface area contributed by atoms with Gasteiger partial charge in [-0.15, -0.1) is 0 Å². The zero-order chi connectivity index (χ0) is 18.7. The second kappa shape index (κ2) is 7.73. The molecule has 2 aromatic rings. The van der Waals surface area contributed by atoms with E-state index in [1.807, 2.05) is 11.0 Å². The third kappa shape index (κ3) is 3.72. The number of rotatable bonds is 6. The van der Waals surface area contributed by atoms with Gasteiger partial charge in [0.15, 0.2) is 0 Å². The predicted octanol–water partition coefficient (Wildman–Crippen LogP) is 4.38. The number of hydrogen-bond donors (Lipinski definition) is 1. The van der Waals surface area contributed by atoms with E-state index in [1.54, 1.807) is 7.11 Å². The topological polar surface area (TPSA) is 41.6 Å². The minimum Gasteiger partial charge on any atom is -0.497 e. The fourth-order valence-electron chi connectivity index (χ4n) is 4.45. The van der Waals surface area contributed by atoms with E-state index in [0.29, 0.717) is 6.42 Å². The first-order valence-corrected chi connectivity index (χ1v) is 9.99. The summed E-state index contributed by atoms with van der Waals surface area (Å²) in [6.07, 6.45) is 6.44. The summed E-state index contributed by atoms with van der Waals surface area (Å²) in [4.78, 5) is 13.8. The summed E-state index contributed by atoms with van der Waals surface area (Å²) in [5.74, 6) is 1.16. The molecule has 0 bridgehead atoms. The van der Waals surface area contributed by atoms with Crippen LogP contribution in [0.4, 0.5) is 5.69 Å². The molecule has 1 N–H and O–H groups in total. The summed E-state index contributed by atoms with van der Waals surface area (Å²) < 4.78 is 5.43. The van der Waals surface area contributed by atoms with Gasteiger partial charge in [0.1, 0.15) is 5.75 Å². The fraction of sp³-hybridized carbons (Fsp3) is 0.435. The van der Waals surface area contributed by atoms with E-state index in [-0.39, 0.29) is 11.4 Å². The second-order valence-corrected chi connectivity index (χ2v) is 7.69. The van der Waals surface area contributed by atoms with Crippen LogP contribution in [0.25, 0.3) is 0 Å². The maximum absolute atomic E-state index is 11.9. The number of nitrogens with one attached hydrogen (secondary N) is 1. The summed E-state index contributed by atoms with van der Waals surface area (Å²) in [7, 11) is 1.72. The summed E-state index contributed by atoms with van der Waals surface area (Å²) in [6, 6.07) is 16.9. The molecule has 1 amide bonds. The SMILES string of the molecule is COc1cccc(C2(NCc3ccc(N4CCCC4=O)cc3)CCCC2)c1. The molecule has 4 nitrogen and oxygen atoms in total. The molecule has 1 heterocycles. The highest BCUT2D eigenvalue weighted by molar-refractivity contribution is 5.95. The highest BCUT2D eigenvalue weighted by Crippen LogP contribution is 2.40. The van der Waals surface area contributed by atoms with Gasteiger partial charge >= 0.3 is 0 Å². The van der Waals surface area contributed by atoms with Gasteiger partial charge in [-0.1, -0.05) is 37.1 Å². The number of hydrogen-bond acceptors (Lipinski definition) is 3. The van der Waals surface area contributed by atoms with Crippen molar-refractivity contribution >= 4 is 11.6 Å². The van der Waals surface area contributed by atoms with Crippen LogP contribution in [0.3, 0.4) is 0 Å². The Morgan fingerprint density at radius 2 is 1.85 bits per heavy atom. The van der Waals surface area contributed by atoms with Crippen molar-refractivity contribution in [3.05, 3.63) is 59.7 Å². The van der Waals surface area contributed by atoms with Crippen LogP contribution in [-0.2, 0) is 16.9 Å². The molecule has 0 atom stereocenters. The van der Waals surface area contributed by atoms with Gasteiger partial charge in [-0.05, 0) is 54.7 Å². The second-order valence-electron chi connectivity index (χ2n) is 7.69. The van der Waals surface area contributed by atoms with Crippen molar-refractivity contribution in [2.75, 3.05) is 18.6 Å². The Morgan fingerprint density at radius 3 is 2.52 bits per heavy atom. The lowest BCUT2D eigenvalue weighted by molar-refractivity contribution is -0.117. The van der Waals surface area contributed by atoms with Crippen molar-refractivity contribution in [2.45, 2.75) is 50.6 Å².